The number of nitrogens with zero attached hydrogens (tertiary/aromatic N) is 1. The summed E-state index contributed by atoms with van der Waals surface area (Å²) in [6.45, 7) is 6.21. The molecule has 0 fully saturated rings. The monoisotopic (exact) mass is 494 g/mol. The Labute approximate surface area is 209 Å². The second-order valence-electron chi connectivity index (χ2n) is 8.88. The minimum atomic E-state index is -3.92. The molecule has 0 atom stereocenters. The number of anilines is 1. The minimum absolute atomic E-state index is 0.155. The Bertz CT molecular complexity index is 1220. The summed E-state index contributed by atoms with van der Waals surface area (Å²) >= 11 is 0. The summed E-state index contributed by atoms with van der Waals surface area (Å²) in [6, 6.07) is 21.8. The van der Waals surface area contributed by atoms with E-state index in [0.717, 1.165) is 35.3 Å². The van der Waals surface area contributed by atoms with Crippen LogP contribution < -0.4 is 14.4 Å². The lowest BCUT2D eigenvalue weighted by molar-refractivity contribution is -0.119. The van der Waals surface area contributed by atoms with Gasteiger partial charge < -0.3 is 10.1 Å². The highest BCUT2D eigenvalue weighted by molar-refractivity contribution is 7.92. The van der Waals surface area contributed by atoms with Crippen LogP contribution in [-0.4, -0.2) is 34.5 Å². The zero-order valence-electron chi connectivity index (χ0n) is 20.8. The Morgan fingerprint density at radius 1 is 1.00 bits per heavy atom. The average Bonchev–Trinajstić information content (AvgIpc) is 2.85. The van der Waals surface area contributed by atoms with Crippen LogP contribution >= 0.6 is 0 Å². The third-order valence-electron chi connectivity index (χ3n) is 5.84. The SMILES string of the molecule is COc1cccc(CCCNC(=O)CN(c2ccc(C(C)C)cc2)S(=O)(=O)c2ccc(C)cc2)c1. The molecule has 0 saturated heterocycles. The number of sulfonamides is 1. The molecule has 0 aliphatic heterocycles. The van der Waals surface area contributed by atoms with E-state index in [9.17, 15) is 13.2 Å². The van der Waals surface area contributed by atoms with Crippen molar-refractivity contribution in [2.45, 2.75) is 44.4 Å². The molecule has 0 aromatic heterocycles. The molecule has 6 nitrogen and oxygen atoms in total. The first-order valence-electron chi connectivity index (χ1n) is 11.8. The maximum atomic E-state index is 13.5. The van der Waals surface area contributed by atoms with Gasteiger partial charge in [0.2, 0.25) is 5.91 Å². The van der Waals surface area contributed by atoms with Gasteiger partial charge in [-0.2, -0.15) is 0 Å². The highest BCUT2D eigenvalue weighted by atomic mass is 32.2. The van der Waals surface area contributed by atoms with Gasteiger partial charge >= 0.3 is 0 Å². The van der Waals surface area contributed by atoms with Gasteiger partial charge in [0.05, 0.1) is 17.7 Å². The number of hydrogen-bond acceptors (Lipinski definition) is 4. The molecular formula is C28H34N2O4S. The second-order valence-corrected chi connectivity index (χ2v) is 10.7. The summed E-state index contributed by atoms with van der Waals surface area (Å²) in [7, 11) is -2.29. The van der Waals surface area contributed by atoms with Crippen LogP contribution in [0.2, 0.25) is 0 Å². The largest absolute Gasteiger partial charge is 0.497 e. The molecule has 3 rings (SSSR count). The lowest BCUT2D eigenvalue weighted by atomic mass is 10.0. The topological polar surface area (TPSA) is 75.7 Å². The van der Waals surface area contributed by atoms with Crippen LogP contribution in [0.15, 0.2) is 77.7 Å². The molecule has 0 unspecified atom stereocenters. The number of nitrogens with one attached hydrogen (secondary N) is 1. The summed E-state index contributed by atoms with van der Waals surface area (Å²) in [5, 5.41) is 2.87. The van der Waals surface area contributed by atoms with E-state index in [1.807, 2.05) is 43.3 Å². The van der Waals surface area contributed by atoms with Gasteiger partial charge in [0.1, 0.15) is 12.3 Å². The molecule has 0 saturated carbocycles. The third kappa shape index (κ3) is 7.09. The van der Waals surface area contributed by atoms with Crippen LogP contribution in [0.25, 0.3) is 0 Å². The highest BCUT2D eigenvalue weighted by Crippen LogP contribution is 2.26. The molecule has 7 heteroatoms. The summed E-state index contributed by atoms with van der Waals surface area (Å²) in [4.78, 5) is 13.0. The standard InChI is InChI=1S/C28H34N2O4S/c1-21(2)24-12-14-25(15-13-24)30(35(32,33)27-16-10-22(3)11-17-27)20-28(31)29-18-6-8-23-7-5-9-26(19-23)34-4/h5,7,9-17,19,21H,6,8,18,20H2,1-4H3,(H,29,31). The molecule has 1 amide bonds. The van der Waals surface area contributed by atoms with Crippen LogP contribution in [0.4, 0.5) is 5.69 Å². The Morgan fingerprint density at radius 2 is 1.69 bits per heavy atom. The Kier molecular flexibility index (Phi) is 8.93. The van der Waals surface area contributed by atoms with Crippen LogP contribution in [0, 0.1) is 6.92 Å². The Morgan fingerprint density at radius 3 is 2.31 bits per heavy atom. The van der Waals surface area contributed by atoms with Crippen molar-refractivity contribution in [3.63, 3.8) is 0 Å². The second kappa shape index (κ2) is 11.9. The van der Waals surface area contributed by atoms with E-state index in [0.29, 0.717) is 18.2 Å². The molecule has 0 aliphatic carbocycles. The van der Waals surface area contributed by atoms with E-state index in [-0.39, 0.29) is 17.3 Å². The fourth-order valence-electron chi connectivity index (χ4n) is 3.71. The van der Waals surface area contributed by atoms with E-state index in [1.54, 1.807) is 43.5 Å². The number of carbonyl (C=O) groups is 1. The van der Waals surface area contributed by atoms with Crippen molar-refractivity contribution in [2.24, 2.45) is 0 Å². The maximum absolute atomic E-state index is 13.5. The van der Waals surface area contributed by atoms with Gasteiger partial charge in [0.15, 0.2) is 0 Å². The van der Waals surface area contributed by atoms with Crippen LogP contribution in [-0.2, 0) is 21.2 Å². The van der Waals surface area contributed by atoms with Crippen molar-refractivity contribution in [2.75, 3.05) is 24.5 Å². The molecule has 3 aromatic rings. The molecule has 0 heterocycles. The van der Waals surface area contributed by atoms with Crippen molar-refractivity contribution in [3.8, 4) is 5.75 Å². The van der Waals surface area contributed by atoms with E-state index < -0.39 is 10.0 Å². The van der Waals surface area contributed by atoms with Gasteiger partial charge in [-0.1, -0.05) is 55.8 Å². The fourth-order valence-corrected chi connectivity index (χ4v) is 5.13. The van der Waals surface area contributed by atoms with Gasteiger partial charge in [-0.25, -0.2) is 8.42 Å². The van der Waals surface area contributed by atoms with Crippen LogP contribution in [0.5, 0.6) is 5.75 Å². The van der Waals surface area contributed by atoms with Gasteiger partial charge in [-0.05, 0) is 73.2 Å². The molecule has 186 valence electrons. The number of aryl methyl sites for hydroxylation is 2. The summed E-state index contributed by atoms with van der Waals surface area (Å²) < 4.78 is 33.4. The first-order valence-corrected chi connectivity index (χ1v) is 13.2. The minimum Gasteiger partial charge on any atom is -0.497 e. The van der Waals surface area contributed by atoms with E-state index >= 15 is 0 Å². The van der Waals surface area contributed by atoms with Gasteiger partial charge in [-0.15, -0.1) is 0 Å². The lowest BCUT2D eigenvalue weighted by Crippen LogP contribution is -2.41. The summed E-state index contributed by atoms with van der Waals surface area (Å²) in [6.07, 6.45) is 1.51. The molecule has 0 spiro atoms. The molecule has 3 aromatic carbocycles. The number of ether oxygens (including phenoxy) is 1. The number of amides is 1. The highest BCUT2D eigenvalue weighted by Gasteiger charge is 2.27. The number of hydrogen-bond donors (Lipinski definition) is 1. The molecular weight excluding hydrogens is 460 g/mol. The summed E-state index contributed by atoms with van der Waals surface area (Å²) in [5.74, 6) is 0.769. The summed E-state index contributed by atoms with van der Waals surface area (Å²) in [5.41, 5.74) is 3.64. The van der Waals surface area contributed by atoms with E-state index in [4.69, 9.17) is 4.74 Å². The van der Waals surface area contributed by atoms with Crippen LogP contribution in [0.3, 0.4) is 0 Å². The smallest absolute Gasteiger partial charge is 0.264 e. The quantitative estimate of drug-likeness (QED) is 0.378. The first-order chi connectivity index (χ1) is 16.7. The van der Waals surface area contributed by atoms with Crippen LogP contribution in [0.1, 0.15) is 42.9 Å². The van der Waals surface area contributed by atoms with Gasteiger partial charge in [0, 0.05) is 6.54 Å². The average molecular weight is 495 g/mol. The number of methoxy groups -OCH3 is 1. The number of benzene rings is 3. The van der Waals surface area contributed by atoms with Crippen molar-refractivity contribution >= 4 is 21.6 Å². The predicted molar refractivity (Wildman–Crippen MR) is 141 cm³/mol. The molecule has 0 radical (unpaired) electrons. The predicted octanol–water partition coefficient (Wildman–Crippen LogP) is 5.07. The van der Waals surface area contributed by atoms with Gasteiger partial charge in [0.25, 0.3) is 10.0 Å². The number of rotatable bonds is 11. The van der Waals surface area contributed by atoms with Gasteiger partial charge in [-0.3, -0.25) is 9.10 Å². The maximum Gasteiger partial charge on any atom is 0.264 e. The zero-order chi connectivity index (χ0) is 25.4. The third-order valence-corrected chi connectivity index (χ3v) is 7.63. The lowest BCUT2D eigenvalue weighted by Gasteiger charge is -2.24. The Hall–Kier alpha value is -3.32. The zero-order valence-corrected chi connectivity index (χ0v) is 21.6. The fraction of sp³-hybridized carbons (Fsp3) is 0.321. The van der Waals surface area contributed by atoms with Crippen molar-refractivity contribution in [1.29, 1.82) is 0 Å². The molecule has 0 aliphatic rings. The molecule has 35 heavy (non-hydrogen) atoms. The first kappa shape index (κ1) is 26.3. The van der Waals surface area contributed by atoms with Crippen molar-refractivity contribution in [1.82, 2.24) is 5.32 Å². The van der Waals surface area contributed by atoms with Crippen molar-refractivity contribution < 1.29 is 17.9 Å². The van der Waals surface area contributed by atoms with E-state index in [1.165, 1.54) is 4.31 Å². The normalized spacial score (nSPS) is 11.3. The molecule has 1 N–H and O–H groups in total. The van der Waals surface area contributed by atoms with Crippen molar-refractivity contribution in [3.05, 3.63) is 89.5 Å². The molecule has 0 bridgehead atoms. The Balaban J connectivity index is 1.72. The van der Waals surface area contributed by atoms with E-state index in [2.05, 4.69) is 19.2 Å². The number of carbonyl (C=O) groups excluding carboxylic acids is 1.